The maximum atomic E-state index is 12.5. The summed E-state index contributed by atoms with van der Waals surface area (Å²) < 4.78 is 6.42. The number of carbonyl (C=O) groups excluding carboxylic acids is 2. The van der Waals surface area contributed by atoms with Crippen molar-refractivity contribution in [2.45, 2.75) is 46.6 Å². The molecule has 1 aromatic heterocycles. The van der Waals surface area contributed by atoms with Gasteiger partial charge in [-0.2, -0.15) is 5.10 Å². The van der Waals surface area contributed by atoms with Gasteiger partial charge in [0, 0.05) is 5.56 Å². The second-order valence-corrected chi connectivity index (χ2v) is 6.80. The Morgan fingerprint density at radius 2 is 1.79 bits per heavy atom. The molecule has 2 rings (SSSR count). The van der Waals surface area contributed by atoms with E-state index in [0.717, 1.165) is 0 Å². The molecule has 2 aromatic rings. The molecular weight excluding hydrogens is 304 g/mol. The van der Waals surface area contributed by atoms with E-state index in [1.54, 1.807) is 19.9 Å². The Bertz CT molecular complexity index is 737. The number of aryl methyl sites for hydroxylation is 1. The monoisotopic (exact) mass is 328 g/mol. The number of aromatic nitrogens is 2. The minimum Gasteiger partial charge on any atom is -0.461 e. The Morgan fingerprint density at radius 3 is 2.33 bits per heavy atom. The molecule has 0 unspecified atom stereocenters. The predicted octanol–water partition coefficient (Wildman–Crippen LogP) is 3.55. The van der Waals surface area contributed by atoms with E-state index in [0.29, 0.717) is 17.0 Å². The van der Waals surface area contributed by atoms with Crippen molar-refractivity contribution in [3.63, 3.8) is 0 Å². The molecule has 0 amide bonds. The van der Waals surface area contributed by atoms with Crippen molar-refractivity contribution >= 4 is 11.8 Å². The van der Waals surface area contributed by atoms with E-state index < -0.39 is 5.97 Å². The molecule has 0 fully saturated rings. The summed E-state index contributed by atoms with van der Waals surface area (Å²) in [5.41, 5.74) is 2.78. The standard InChI is InChI=1S/C19H24N2O3/c1-6-24-18(23)16-11-13(2)20-21(16)12-17(22)14-7-9-15(10-8-14)19(3,4)5/h7-11H,6,12H2,1-5H3. The average Bonchev–Trinajstić information content (AvgIpc) is 2.87. The molecule has 0 radical (unpaired) electrons. The van der Waals surface area contributed by atoms with Gasteiger partial charge in [0.05, 0.1) is 12.3 Å². The van der Waals surface area contributed by atoms with E-state index in [1.807, 2.05) is 24.3 Å². The van der Waals surface area contributed by atoms with Gasteiger partial charge in [-0.3, -0.25) is 9.48 Å². The molecule has 0 atom stereocenters. The van der Waals surface area contributed by atoms with Crippen LogP contribution in [0, 0.1) is 6.92 Å². The highest BCUT2D eigenvalue weighted by molar-refractivity contribution is 5.96. The van der Waals surface area contributed by atoms with Crippen LogP contribution < -0.4 is 0 Å². The lowest BCUT2D eigenvalue weighted by molar-refractivity contribution is 0.0512. The highest BCUT2D eigenvalue weighted by Gasteiger charge is 2.19. The van der Waals surface area contributed by atoms with Crippen LogP contribution in [0.15, 0.2) is 30.3 Å². The highest BCUT2D eigenvalue weighted by Crippen LogP contribution is 2.22. The SMILES string of the molecule is CCOC(=O)c1cc(C)nn1CC(=O)c1ccc(C(C)(C)C)cc1. The molecule has 0 saturated heterocycles. The number of benzene rings is 1. The summed E-state index contributed by atoms with van der Waals surface area (Å²) in [7, 11) is 0. The van der Waals surface area contributed by atoms with E-state index in [4.69, 9.17) is 4.74 Å². The zero-order chi connectivity index (χ0) is 17.9. The van der Waals surface area contributed by atoms with Gasteiger partial charge in [0.25, 0.3) is 0 Å². The summed E-state index contributed by atoms with van der Waals surface area (Å²) >= 11 is 0. The molecule has 0 aliphatic rings. The minimum atomic E-state index is -0.464. The Balaban J connectivity index is 2.19. The van der Waals surface area contributed by atoms with Crippen LogP contribution in [0.4, 0.5) is 0 Å². The van der Waals surface area contributed by atoms with Crippen LogP contribution in [0.1, 0.15) is 59.8 Å². The molecule has 0 aliphatic heterocycles. The molecular formula is C19H24N2O3. The van der Waals surface area contributed by atoms with Crippen LogP contribution in [0.25, 0.3) is 0 Å². The first-order valence-corrected chi connectivity index (χ1v) is 8.07. The summed E-state index contributed by atoms with van der Waals surface area (Å²) in [6.07, 6.45) is 0. The third-order valence-electron chi connectivity index (χ3n) is 3.75. The number of nitrogens with zero attached hydrogens (tertiary/aromatic N) is 2. The second-order valence-electron chi connectivity index (χ2n) is 6.80. The molecule has 1 heterocycles. The third-order valence-corrected chi connectivity index (χ3v) is 3.75. The van der Waals surface area contributed by atoms with Crippen molar-refractivity contribution in [3.05, 3.63) is 52.8 Å². The van der Waals surface area contributed by atoms with Crippen molar-refractivity contribution in [1.82, 2.24) is 9.78 Å². The van der Waals surface area contributed by atoms with Gasteiger partial charge in [-0.15, -0.1) is 0 Å². The van der Waals surface area contributed by atoms with E-state index in [9.17, 15) is 9.59 Å². The van der Waals surface area contributed by atoms with Gasteiger partial charge < -0.3 is 4.74 Å². The Kier molecular flexibility index (Phi) is 5.22. The van der Waals surface area contributed by atoms with Crippen LogP contribution in [0.3, 0.4) is 0 Å². The number of Topliss-reactive ketones (excluding diaryl/α,β-unsaturated/α-hetero) is 1. The number of hydrogen-bond donors (Lipinski definition) is 0. The van der Waals surface area contributed by atoms with E-state index >= 15 is 0 Å². The van der Waals surface area contributed by atoms with Crippen LogP contribution in [0.5, 0.6) is 0 Å². The van der Waals surface area contributed by atoms with Crippen molar-refractivity contribution in [2.24, 2.45) is 0 Å². The number of ether oxygens (including phenoxy) is 1. The Morgan fingerprint density at radius 1 is 1.17 bits per heavy atom. The van der Waals surface area contributed by atoms with Crippen LogP contribution in [-0.4, -0.2) is 28.1 Å². The van der Waals surface area contributed by atoms with Gasteiger partial charge in [-0.1, -0.05) is 45.0 Å². The van der Waals surface area contributed by atoms with E-state index in [-0.39, 0.29) is 24.3 Å². The lowest BCUT2D eigenvalue weighted by Gasteiger charge is -2.19. The molecule has 5 heteroatoms. The first-order valence-electron chi connectivity index (χ1n) is 8.07. The maximum absolute atomic E-state index is 12.5. The average molecular weight is 328 g/mol. The fourth-order valence-electron chi connectivity index (χ4n) is 2.42. The smallest absolute Gasteiger partial charge is 0.356 e. The molecule has 0 saturated carbocycles. The number of ketones is 1. The zero-order valence-electron chi connectivity index (χ0n) is 14.9. The molecule has 0 aliphatic carbocycles. The van der Waals surface area contributed by atoms with Gasteiger partial charge in [0.2, 0.25) is 0 Å². The molecule has 0 bridgehead atoms. The first-order chi connectivity index (χ1) is 11.2. The van der Waals surface area contributed by atoms with Crippen LogP contribution >= 0.6 is 0 Å². The van der Waals surface area contributed by atoms with Gasteiger partial charge in [-0.05, 0) is 30.9 Å². The number of hydrogen-bond acceptors (Lipinski definition) is 4. The van der Waals surface area contributed by atoms with Crippen molar-refractivity contribution in [1.29, 1.82) is 0 Å². The molecule has 0 N–H and O–H groups in total. The van der Waals surface area contributed by atoms with Crippen molar-refractivity contribution < 1.29 is 14.3 Å². The van der Waals surface area contributed by atoms with Gasteiger partial charge >= 0.3 is 5.97 Å². The topological polar surface area (TPSA) is 61.2 Å². The van der Waals surface area contributed by atoms with Gasteiger partial charge in [0.15, 0.2) is 5.78 Å². The predicted molar refractivity (Wildman–Crippen MR) is 92.4 cm³/mol. The van der Waals surface area contributed by atoms with Gasteiger partial charge in [-0.25, -0.2) is 4.79 Å². The lowest BCUT2D eigenvalue weighted by Crippen LogP contribution is -2.18. The molecule has 24 heavy (non-hydrogen) atoms. The maximum Gasteiger partial charge on any atom is 0.356 e. The van der Waals surface area contributed by atoms with Crippen LogP contribution in [-0.2, 0) is 16.7 Å². The van der Waals surface area contributed by atoms with E-state index in [1.165, 1.54) is 10.2 Å². The Labute approximate surface area is 142 Å². The zero-order valence-corrected chi connectivity index (χ0v) is 14.9. The highest BCUT2D eigenvalue weighted by atomic mass is 16.5. The fourth-order valence-corrected chi connectivity index (χ4v) is 2.42. The Hall–Kier alpha value is -2.43. The van der Waals surface area contributed by atoms with Crippen molar-refractivity contribution in [2.75, 3.05) is 6.61 Å². The molecule has 0 spiro atoms. The lowest BCUT2D eigenvalue weighted by atomic mass is 9.86. The molecule has 5 nitrogen and oxygen atoms in total. The minimum absolute atomic E-state index is 0.0108. The van der Waals surface area contributed by atoms with E-state index in [2.05, 4.69) is 25.9 Å². The van der Waals surface area contributed by atoms with Crippen molar-refractivity contribution in [3.8, 4) is 0 Å². The third kappa shape index (κ3) is 4.10. The molecule has 128 valence electrons. The number of rotatable bonds is 5. The van der Waals surface area contributed by atoms with Crippen LogP contribution in [0.2, 0.25) is 0 Å². The number of esters is 1. The second kappa shape index (κ2) is 6.99. The first kappa shape index (κ1) is 17.9. The summed E-state index contributed by atoms with van der Waals surface area (Å²) in [6.45, 7) is 10.2. The summed E-state index contributed by atoms with van der Waals surface area (Å²) in [5, 5.41) is 4.23. The number of carbonyl (C=O) groups is 2. The summed E-state index contributed by atoms with van der Waals surface area (Å²) in [4.78, 5) is 24.5. The normalized spacial score (nSPS) is 11.4. The largest absolute Gasteiger partial charge is 0.461 e. The summed E-state index contributed by atoms with van der Waals surface area (Å²) in [5.74, 6) is -0.557. The van der Waals surface area contributed by atoms with Gasteiger partial charge in [0.1, 0.15) is 12.2 Å². The summed E-state index contributed by atoms with van der Waals surface area (Å²) in [6, 6.07) is 9.21. The molecule has 1 aromatic carbocycles. The quantitative estimate of drug-likeness (QED) is 0.622. The fraction of sp³-hybridized carbons (Fsp3) is 0.421.